The summed E-state index contributed by atoms with van der Waals surface area (Å²) in [6, 6.07) is 18.5. The van der Waals surface area contributed by atoms with Gasteiger partial charge in [0.25, 0.3) is 0 Å². The molecule has 2 N–H and O–H groups in total. The van der Waals surface area contributed by atoms with Crippen molar-refractivity contribution in [3.63, 3.8) is 0 Å². The first-order chi connectivity index (χ1) is 16.1. The molecule has 0 fully saturated rings. The van der Waals surface area contributed by atoms with Gasteiger partial charge in [0.15, 0.2) is 11.0 Å². The molecule has 0 unspecified atom stereocenters. The van der Waals surface area contributed by atoms with E-state index < -0.39 is 11.9 Å². The van der Waals surface area contributed by atoms with Crippen molar-refractivity contribution >= 4 is 23.7 Å². The minimum Gasteiger partial charge on any atom is -0.467 e. The molecule has 0 aliphatic rings. The lowest BCUT2D eigenvalue weighted by Crippen LogP contribution is -2.39. The number of benzene rings is 2. The van der Waals surface area contributed by atoms with E-state index >= 15 is 0 Å². The lowest BCUT2D eigenvalue weighted by atomic mass is 10.2. The van der Waals surface area contributed by atoms with Crippen LogP contribution in [0.3, 0.4) is 0 Å². The molecule has 168 valence electrons. The third-order valence-corrected chi connectivity index (χ3v) is 5.56. The molecule has 8 nitrogen and oxygen atoms in total. The Morgan fingerprint density at radius 1 is 1.00 bits per heavy atom. The second-order valence-corrected chi connectivity index (χ2v) is 7.93. The van der Waals surface area contributed by atoms with Crippen LogP contribution < -0.4 is 10.6 Å². The Bertz CT molecular complexity index is 1210. The fourth-order valence-corrected chi connectivity index (χ4v) is 3.77. The van der Waals surface area contributed by atoms with Crippen LogP contribution in [0.25, 0.3) is 11.4 Å². The topological polar surface area (TPSA) is 102 Å². The van der Waals surface area contributed by atoms with E-state index in [-0.39, 0.29) is 18.1 Å². The van der Waals surface area contributed by atoms with Crippen molar-refractivity contribution in [1.29, 1.82) is 0 Å². The number of furan rings is 1. The highest BCUT2D eigenvalue weighted by atomic mass is 32.2. The summed E-state index contributed by atoms with van der Waals surface area (Å²) >= 11 is 1.16. The Morgan fingerprint density at radius 3 is 2.52 bits per heavy atom. The molecule has 2 aromatic heterocycles. The Balaban J connectivity index is 1.43. The fourth-order valence-electron chi connectivity index (χ4n) is 3.03. The van der Waals surface area contributed by atoms with Gasteiger partial charge >= 0.3 is 6.03 Å². The Kier molecular flexibility index (Phi) is 7.16. The van der Waals surface area contributed by atoms with Gasteiger partial charge in [0.1, 0.15) is 11.6 Å². The number of carbonyl (C=O) groups excluding carboxylic acids is 2. The van der Waals surface area contributed by atoms with Crippen LogP contribution in [0.2, 0.25) is 0 Å². The van der Waals surface area contributed by atoms with Gasteiger partial charge in [-0.1, -0.05) is 42.1 Å². The van der Waals surface area contributed by atoms with Crippen molar-refractivity contribution in [3.8, 4) is 11.4 Å². The summed E-state index contributed by atoms with van der Waals surface area (Å²) in [7, 11) is 0. The number of hydrogen-bond acceptors (Lipinski definition) is 6. The van der Waals surface area contributed by atoms with Crippen molar-refractivity contribution in [2.75, 3.05) is 5.75 Å². The average Bonchev–Trinajstić information content (AvgIpc) is 3.48. The zero-order valence-corrected chi connectivity index (χ0v) is 18.2. The van der Waals surface area contributed by atoms with Crippen LogP contribution in [0.4, 0.5) is 9.18 Å². The SMILES string of the molecule is O=C(CSc1nnc(-c2ccc(F)cc2)n1Cc1ccccc1)NC(=O)NCc1ccco1. The van der Waals surface area contributed by atoms with E-state index in [1.54, 1.807) is 24.3 Å². The number of carbonyl (C=O) groups is 2. The van der Waals surface area contributed by atoms with Crippen LogP contribution in [0.5, 0.6) is 0 Å². The van der Waals surface area contributed by atoms with Crippen molar-refractivity contribution in [2.24, 2.45) is 0 Å². The number of halogens is 1. The first-order valence-electron chi connectivity index (χ1n) is 10.0. The fraction of sp³-hybridized carbons (Fsp3) is 0.130. The van der Waals surface area contributed by atoms with Crippen molar-refractivity contribution in [2.45, 2.75) is 18.2 Å². The van der Waals surface area contributed by atoms with Gasteiger partial charge in [-0.05, 0) is 42.0 Å². The lowest BCUT2D eigenvalue weighted by molar-refractivity contribution is -0.117. The molecular formula is C23H20FN5O3S. The molecule has 4 rings (SSSR count). The number of imide groups is 1. The standard InChI is InChI=1S/C23H20FN5O3S/c24-18-10-8-17(9-11-18)21-27-28-23(29(21)14-16-5-2-1-3-6-16)33-15-20(30)26-22(31)25-13-19-7-4-12-32-19/h1-12H,13-15H2,(H2,25,26,30,31). The zero-order chi connectivity index (χ0) is 23.0. The van der Waals surface area contributed by atoms with Gasteiger partial charge in [0, 0.05) is 5.56 Å². The number of aromatic nitrogens is 3. The molecule has 0 bridgehead atoms. The van der Waals surface area contributed by atoms with Gasteiger partial charge in [-0.2, -0.15) is 0 Å². The number of thioether (sulfide) groups is 1. The van der Waals surface area contributed by atoms with Crippen LogP contribution in [0, 0.1) is 5.82 Å². The van der Waals surface area contributed by atoms with Crippen LogP contribution in [0.1, 0.15) is 11.3 Å². The number of urea groups is 1. The molecule has 0 aliphatic carbocycles. The second kappa shape index (κ2) is 10.6. The smallest absolute Gasteiger partial charge is 0.321 e. The molecule has 0 saturated heterocycles. The van der Waals surface area contributed by atoms with Crippen LogP contribution in [-0.4, -0.2) is 32.5 Å². The minimum atomic E-state index is -0.616. The summed E-state index contributed by atoms with van der Waals surface area (Å²) in [5.74, 6) is 0.274. The number of hydrogen-bond donors (Lipinski definition) is 2. The average molecular weight is 466 g/mol. The quantitative estimate of drug-likeness (QED) is 0.384. The Labute approximate surface area is 193 Å². The first kappa shape index (κ1) is 22.3. The maximum Gasteiger partial charge on any atom is 0.321 e. The normalized spacial score (nSPS) is 10.7. The maximum atomic E-state index is 13.4. The third-order valence-electron chi connectivity index (χ3n) is 4.59. The predicted octanol–water partition coefficient (Wildman–Crippen LogP) is 3.84. The molecular weight excluding hydrogens is 445 g/mol. The van der Waals surface area contributed by atoms with Crippen LogP contribution >= 0.6 is 11.8 Å². The van der Waals surface area contributed by atoms with Gasteiger partial charge in [-0.25, -0.2) is 9.18 Å². The van der Waals surface area contributed by atoms with Crippen molar-refractivity contribution in [3.05, 3.63) is 90.1 Å². The molecule has 0 aliphatic heterocycles. The summed E-state index contributed by atoms with van der Waals surface area (Å²) in [5, 5.41) is 13.8. The van der Waals surface area contributed by atoms with E-state index in [0.29, 0.717) is 28.8 Å². The first-order valence-corrected chi connectivity index (χ1v) is 11.0. The molecule has 2 heterocycles. The molecule has 10 heteroatoms. The lowest BCUT2D eigenvalue weighted by Gasteiger charge is -2.11. The highest BCUT2D eigenvalue weighted by Crippen LogP contribution is 2.25. The molecule has 0 saturated carbocycles. The third kappa shape index (κ3) is 6.07. The summed E-state index contributed by atoms with van der Waals surface area (Å²) in [5.41, 5.74) is 1.72. The van der Waals surface area contributed by atoms with E-state index in [1.807, 2.05) is 34.9 Å². The van der Waals surface area contributed by atoms with Gasteiger partial charge in [0.2, 0.25) is 5.91 Å². The summed E-state index contributed by atoms with van der Waals surface area (Å²) < 4.78 is 20.4. The monoisotopic (exact) mass is 465 g/mol. The molecule has 0 radical (unpaired) electrons. The summed E-state index contributed by atoms with van der Waals surface area (Å²) in [4.78, 5) is 24.2. The number of nitrogens with one attached hydrogen (secondary N) is 2. The zero-order valence-electron chi connectivity index (χ0n) is 17.4. The predicted molar refractivity (Wildman–Crippen MR) is 121 cm³/mol. The van der Waals surface area contributed by atoms with Gasteiger partial charge in [-0.3, -0.25) is 14.7 Å². The van der Waals surface area contributed by atoms with E-state index in [4.69, 9.17) is 4.42 Å². The van der Waals surface area contributed by atoms with Crippen LogP contribution in [0.15, 0.2) is 82.6 Å². The Morgan fingerprint density at radius 2 is 1.79 bits per heavy atom. The largest absolute Gasteiger partial charge is 0.467 e. The minimum absolute atomic E-state index is 0.0372. The molecule has 0 atom stereocenters. The van der Waals surface area contributed by atoms with Crippen molar-refractivity contribution < 1.29 is 18.4 Å². The van der Waals surface area contributed by atoms with E-state index in [1.165, 1.54) is 18.4 Å². The molecule has 2 aromatic carbocycles. The van der Waals surface area contributed by atoms with E-state index in [2.05, 4.69) is 20.8 Å². The van der Waals surface area contributed by atoms with Gasteiger partial charge in [0.05, 0.1) is 25.1 Å². The number of rotatable bonds is 8. The number of amides is 3. The van der Waals surface area contributed by atoms with Crippen LogP contribution in [-0.2, 0) is 17.9 Å². The summed E-state index contributed by atoms with van der Waals surface area (Å²) in [6.45, 7) is 0.639. The molecule has 33 heavy (non-hydrogen) atoms. The number of nitrogens with zero attached hydrogens (tertiary/aromatic N) is 3. The molecule has 4 aromatic rings. The molecule has 3 amide bonds. The molecule has 0 spiro atoms. The second-order valence-electron chi connectivity index (χ2n) is 6.98. The van der Waals surface area contributed by atoms with Crippen molar-refractivity contribution in [1.82, 2.24) is 25.4 Å². The van der Waals surface area contributed by atoms with E-state index in [9.17, 15) is 14.0 Å². The van der Waals surface area contributed by atoms with Gasteiger partial charge in [-0.15, -0.1) is 10.2 Å². The van der Waals surface area contributed by atoms with Gasteiger partial charge < -0.3 is 9.73 Å². The highest BCUT2D eigenvalue weighted by molar-refractivity contribution is 7.99. The highest BCUT2D eigenvalue weighted by Gasteiger charge is 2.17. The maximum absolute atomic E-state index is 13.4. The summed E-state index contributed by atoms with van der Waals surface area (Å²) in [6.07, 6.45) is 1.50. The Hall–Kier alpha value is -3.92. The van der Waals surface area contributed by atoms with E-state index in [0.717, 1.165) is 17.3 Å².